The molecule has 1 saturated carbocycles. The summed E-state index contributed by atoms with van der Waals surface area (Å²) in [5, 5.41) is 0. The molecule has 0 atom stereocenters. The van der Waals surface area contributed by atoms with Gasteiger partial charge in [-0.15, -0.1) is 0 Å². The Labute approximate surface area is 73.8 Å². The largest absolute Gasteiger partial charge is 0.402 e. The molecule has 1 rings (SSSR count). The Bertz CT molecular complexity index is 206. The third-order valence-corrected chi connectivity index (χ3v) is 2.35. The standard InChI is InChI=1S/C10H17NO/c1-2-3-6-9(11)8-5-4-7-10(8)12/h2-7,11H2,1H3/b9-8+. The van der Waals surface area contributed by atoms with Crippen molar-refractivity contribution >= 4 is 5.78 Å². The Morgan fingerprint density at radius 1 is 1.50 bits per heavy atom. The molecule has 0 aromatic heterocycles. The highest BCUT2D eigenvalue weighted by Crippen LogP contribution is 2.23. The summed E-state index contributed by atoms with van der Waals surface area (Å²) in [5.41, 5.74) is 7.58. The van der Waals surface area contributed by atoms with Gasteiger partial charge in [-0.05, 0) is 25.7 Å². The van der Waals surface area contributed by atoms with Crippen molar-refractivity contribution in [3.8, 4) is 0 Å². The van der Waals surface area contributed by atoms with Crippen LogP contribution in [0.2, 0.25) is 0 Å². The van der Waals surface area contributed by atoms with E-state index in [9.17, 15) is 4.79 Å². The summed E-state index contributed by atoms with van der Waals surface area (Å²) in [6, 6.07) is 0. The zero-order valence-electron chi connectivity index (χ0n) is 7.73. The predicted molar refractivity (Wildman–Crippen MR) is 49.6 cm³/mol. The zero-order chi connectivity index (χ0) is 8.97. The van der Waals surface area contributed by atoms with Crippen LogP contribution in [0.4, 0.5) is 0 Å². The Morgan fingerprint density at radius 3 is 2.75 bits per heavy atom. The molecule has 0 bridgehead atoms. The van der Waals surface area contributed by atoms with E-state index in [4.69, 9.17) is 5.73 Å². The smallest absolute Gasteiger partial charge is 0.160 e. The Balaban J connectivity index is 2.55. The highest BCUT2D eigenvalue weighted by atomic mass is 16.1. The molecule has 0 aliphatic heterocycles. The van der Waals surface area contributed by atoms with Crippen molar-refractivity contribution < 1.29 is 4.79 Å². The fourth-order valence-corrected chi connectivity index (χ4v) is 1.57. The number of carbonyl (C=O) groups is 1. The van der Waals surface area contributed by atoms with Gasteiger partial charge in [0, 0.05) is 17.7 Å². The van der Waals surface area contributed by atoms with Crippen LogP contribution in [0, 0.1) is 0 Å². The number of ketones is 1. The van der Waals surface area contributed by atoms with E-state index in [0.29, 0.717) is 6.42 Å². The number of unbranched alkanes of at least 4 members (excludes halogenated alkanes) is 1. The first-order valence-corrected chi connectivity index (χ1v) is 4.76. The second-order valence-corrected chi connectivity index (χ2v) is 3.38. The minimum absolute atomic E-state index is 0.281. The molecule has 0 unspecified atom stereocenters. The van der Waals surface area contributed by atoms with Crippen LogP contribution in [-0.4, -0.2) is 5.78 Å². The lowest BCUT2D eigenvalue weighted by Crippen LogP contribution is -2.05. The zero-order valence-corrected chi connectivity index (χ0v) is 7.73. The molecule has 2 N–H and O–H groups in total. The van der Waals surface area contributed by atoms with Crippen molar-refractivity contribution in [1.29, 1.82) is 0 Å². The molecule has 0 radical (unpaired) electrons. The van der Waals surface area contributed by atoms with E-state index in [1.807, 2.05) is 0 Å². The predicted octanol–water partition coefficient (Wildman–Crippen LogP) is 2.14. The van der Waals surface area contributed by atoms with Crippen molar-refractivity contribution in [3.05, 3.63) is 11.3 Å². The summed E-state index contributed by atoms with van der Waals surface area (Å²) >= 11 is 0. The van der Waals surface area contributed by atoms with E-state index in [1.165, 1.54) is 0 Å². The van der Waals surface area contributed by atoms with Crippen LogP contribution < -0.4 is 5.73 Å². The molecular weight excluding hydrogens is 150 g/mol. The molecule has 0 saturated heterocycles. The van der Waals surface area contributed by atoms with Crippen molar-refractivity contribution in [2.45, 2.75) is 45.4 Å². The monoisotopic (exact) mass is 167 g/mol. The summed E-state index contributed by atoms with van der Waals surface area (Å²) in [5.74, 6) is 0.281. The maximum atomic E-state index is 11.2. The van der Waals surface area contributed by atoms with E-state index in [1.54, 1.807) is 0 Å². The molecule has 1 fully saturated rings. The van der Waals surface area contributed by atoms with Gasteiger partial charge in [0.15, 0.2) is 5.78 Å². The highest BCUT2D eigenvalue weighted by Gasteiger charge is 2.19. The van der Waals surface area contributed by atoms with Crippen LogP contribution in [-0.2, 0) is 4.79 Å². The minimum Gasteiger partial charge on any atom is -0.402 e. The number of rotatable bonds is 3. The van der Waals surface area contributed by atoms with Gasteiger partial charge in [0.2, 0.25) is 0 Å². The van der Waals surface area contributed by atoms with E-state index in [2.05, 4.69) is 6.92 Å². The first-order valence-electron chi connectivity index (χ1n) is 4.76. The van der Waals surface area contributed by atoms with Crippen LogP contribution in [0.5, 0.6) is 0 Å². The van der Waals surface area contributed by atoms with Gasteiger partial charge >= 0.3 is 0 Å². The lowest BCUT2D eigenvalue weighted by molar-refractivity contribution is -0.114. The van der Waals surface area contributed by atoms with Gasteiger partial charge in [-0.25, -0.2) is 0 Å². The molecule has 0 spiro atoms. The minimum atomic E-state index is 0.281. The molecule has 0 aromatic carbocycles. The molecule has 0 aromatic rings. The second-order valence-electron chi connectivity index (χ2n) is 3.38. The van der Waals surface area contributed by atoms with Crippen molar-refractivity contribution in [3.63, 3.8) is 0 Å². The normalized spacial score (nSPS) is 21.6. The summed E-state index contributed by atoms with van der Waals surface area (Å²) in [4.78, 5) is 11.2. The van der Waals surface area contributed by atoms with E-state index in [-0.39, 0.29) is 5.78 Å². The number of hydrogen-bond donors (Lipinski definition) is 1. The number of Topliss-reactive ketones (excluding diaryl/α,β-unsaturated/α-hetero) is 1. The molecule has 2 heteroatoms. The second kappa shape index (κ2) is 4.29. The summed E-state index contributed by atoms with van der Waals surface area (Å²) in [6.45, 7) is 2.13. The van der Waals surface area contributed by atoms with Gasteiger partial charge in [0.1, 0.15) is 0 Å². The van der Waals surface area contributed by atoms with Crippen LogP contribution >= 0.6 is 0 Å². The highest BCUT2D eigenvalue weighted by molar-refractivity contribution is 5.97. The molecule has 2 nitrogen and oxygen atoms in total. The van der Waals surface area contributed by atoms with Gasteiger partial charge in [-0.1, -0.05) is 13.3 Å². The van der Waals surface area contributed by atoms with Crippen LogP contribution in [0.1, 0.15) is 45.4 Å². The molecular formula is C10H17NO. The SMILES string of the molecule is CCCC/C(N)=C1/CCCC1=O. The maximum absolute atomic E-state index is 11.2. The number of allylic oxidation sites excluding steroid dienone is 2. The molecule has 0 heterocycles. The molecule has 12 heavy (non-hydrogen) atoms. The fraction of sp³-hybridized carbons (Fsp3) is 0.700. The number of hydrogen-bond acceptors (Lipinski definition) is 2. The summed E-state index contributed by atoms with van der Waals surface area (Å²) in [6.07, 6.45) is 5.76. The van der Waals surface area contributed by atoms with Crippen LogP contribution in [0.25, 0.3) is 0 Å². The van der Waals surface area contributed by atoms with E-state index >= 15 is 0 Å². The van der Waals surface area contributed by atoms with E-state index < -0.39 is 0 Å². The van der Waals surface area contributed by atoms with Crippen molar-refractivity contribution in [1.82, 2.24) is 0 Å². The third kappa shape index (κ3) is 2.10. The van der Waals surface area contributed by atoms with Gasteiger partial charge in [-0.2, -0.15) is 0 Å². The van der Waals surface area contributed by atoms with Crippen LogP contribution in [0.15, 0.2) is 11.3 Å². The Morgan fingerprint density at radius 2 is 2.25 bits per heavy atom. The molecule has 1 aliphatic carbocycles. The van der Waals surface area contributed by atoms with Gasteiger partial charge in [0.05, 0.1) is 0 Å². The maximum Gasteiger partial charge on any atom is 0.160 e. The van der Waals surface area contributed by atoms with Crippen molar-refractivity contribution in [2.24, 2.45) is 5.73 Å². The van der Waals surface area contributed by atoms with Crippen LogP contribution in [0.3, 0.4) is 0 Å². The fourth-order valence-electron chi connectivity index (χ4n) is 1.57. The topological polar surface area (TPSA) is 43.1 Å². The first-order chi connectivity index (χ1) is 5.75. The van der Waals surface area contributed by atoms with Gasteiger partial charge < -0.3 is 5.73 Å². The van der Waals surface area contributed by atoms with Crippen molar-refractivity contribution in [2.75, 3.05) is 0 Å². The molecule has 68 valence electrons. The lowest BCUT2D eigenvalue weighted by atomic mass is 10.1. The lowest BCUT2D eigenvalue weighted by Gasteiger charge is -2.03. The number of nitrogens with two attached hydrogens (primary N) is 1. The van der Waals surface area contributed by atoms with E-state index in [0.717, 1.165) is 43.4 Å². The summed E-state index contributed by atoms with van der Waals surface area (Å²) < 4.78 is 0. The molecule has 1 aliphatic rings. The third-order valence-electron chi connectivity index (χ3n) is 2.35. The van der Waals surface area contributed by atoms with Gasteiger partial charge in [-0.3, -0.25) is 4.79 Å². The first kappa shape index (κ1) is 9.30. The summed E-state index contributed by atoms with van der Waals surface area (Å²) in [7, 11) is 0. The number of carbonyl (C=O) groups excluding carboxylic acids is 1. The average Bonchev–Trinajstić information content (AvgIpc) is 2.47. The Hall–Kier alpha value is -0.790. The van der Waals surface area contributed by atoms with Gasteiger partial charge in [0.25, 0.3) is 0 Å². The average molecular weight is 167 g/mol. The molecule has 0 amide bonds. The Kier molecular flexibility index (Phi) is 3.32. The quantitative estimate of drug-likeness (QED) is 0.654.